The Morgan fingerprint density at radius 1 is 1.28 bits per heavy atom. The Hall–Kier alpha value is -1.91. The quantitative estimate of drug-likeness (QED) is 0.898. The zero-order valence-electron chi connectivity index (χ0n) is 10.5. The second-order valence-corrected chi connectivity index (χ2v) is 4.93. The van der Waals surface area contributed by atoms with Gasteiger partial charge in [0.2, 0.25) is 0 Å². The summed E-state index contributed by atoms with van der Waals surface area (Å²) in [6.45, 7) is 2.31. The zero-order chi connectivity index (χ0) is 12.4. The molecule has 1 fully saturated rings. The molecule has 18 heavy (non-hydrogen) atoms. The number of tetrazole rings is 1. The molecule has 2 unspecified atom stereocenters. The fourth-order valence-corrected chi connectivity index (χ4v) is 2.63. The average Bonchev–Trinajstić information content (AvgIpc) is 3.03. The standard InChI is InChI=1S/C13H17N5/c1-10-5-4-7-11(10)15-12-6-2-3-8-13(12)18-9-14-16-17-18/h2-3,6,8-11,15H,4-5,7H2,1H3. The molecular formula is C13H17N5. The first-order chi connectivity index (χ1) is 8.84. The largest absolute Gasteiger partial charge is 0.380 e. The summed E-state index contributed by atoms with van der Waals surface area (Å²) in [5.74, 6) is 0.729. The first-order valence-electron chi connectivity index (χ1n) is 6.43. The maximum Gasteiger partial charge on any atom is 0.143 e. The van der Waals surface area contributed by atoms with E-state index in [4.69, 9.17) is 0 Å². The van der Waals surface area contributed by atoms with Crippen LogP contribution in [0.3, 0.4) is 0 Å². The van der Waals surface area contributed by atoms with Gasteiger partial charge in [-0.1, -0.05) is 25.5 Å². The summed E-state index contributed by atoms with van der Waals surface area (Å²) in [6, 6.07) is 8.71. The molecule has 1 N–H and O–H groups in total. The van der Waals surface area contributed by atoms with Crippen molar-refractivity contribution in [3.63, 3.8) is 0 Å². The number of aromatic nitrogens is 4. The molecule has 1 saturated carbocycles. The van der Waals surface area contributed by atoms with E-state index in [1.54, 1.807) is 11.0 Å². The Morgan fingerprint density at radius 2 is 2.17 bits per heavy atom. The van der Waals surface area contributed by atoms with Crippen LogP contribution in [-0.2, 0) is 0 Å². The molecule has 5 heteroatoms. The van der Waals surface area contributed by atoms with Gasteiger partial charge in [0.25, 0.3) is 0 Å². The number of nitrogens with one attached hydrogen (secondary N) is 1. The van der Waals surface area contributed by atoms with Crippen LogP contribution in [-0.4, -0.2) is 26.2 Å². The van der Waals surface area contributed by atoms with Crippen molar-refractivity contribution < 1.29 is 0 Å². The Morgan fingerprint density at radius 3 is 2.89 bits per heavy atom. The van der Waals surface area contributed by atoms with Crippen LogP contribution in [0.1, 0.15) is 26.2 Å². The lowest BCUT2D eigenvalue weighted by molar-refractivity contribution is 0.556. The third-order valence-corrected chi connectivity index (χ3v) is 3.70. The van der Waals surface area contributed by atoms with Crippen LogP contribution in [0.4, 0.5) is 5.69 Å². The molecule has 0 spiro atoms. The number of hydrogen-bond acceptors (Lipinski definition) is 4. The highest BCUT2D eigenvalue weighted by Gasteiger charge is 2.23. The van der Waals surface area contributed by atoms with Gasteiger partial charge in [-0.2, -0.15) is 4.68 Å². The van der Waals surface area contributed by atoms with Crippen molar-refractivity contribution in [1.29, 1.82) is 0 Å². The van der Waals surface area contributed by atoms with Gasteiger partial charge in [-0.15, -0.1) is 5.10 Å². The Kier molecular flexibility index (Phi) is 2.96. The molecule has 2 atom stereocenters. The highest BCUT2D eigenvalue weighted by atomic mass is 15.5. The first kappa shape index (κ1) is 11.2. The number of nitrogens with zero attached hydrogens (tertiary/aromatic N) is 4. The Labute approximate surface area is 106 Å². The lowest BCUT2D eigenvalue weighted by Crippen LogP contribution is -2.22. The molecule has 3 rings (SSSR count). The van der Waals surface area contributed by atoms with Crippen LogP contribution in [0.25, 0.3) is 5.69 Å². The predicted octanol–water partition coefficient (Wildman–Crippen LogP) is 2.26. The van der Waals surface area contributed by atoms with Crippen molar-refractivity contribution in [3.05, 3.63) is 30.6 Å². The summed E-state index contributed by atoms with van der Waals surface area (Å²) in [6.07, 6.45) is 5.49. The average molecular weight is 243 g/mol. The van der Waals surface area contributed by atoms with Crippen LogP contribution in [0.15, 0.2) is 30.6 Å². The fraction of sp³-hybridized carbons (Fsp3) is 0.462. The normalized spacial score (nSPS) is 23.2. The Bertz CT molecular complexity index is 508. The highest BCUT2D eigenvalue weighted by Crippen LogP contribution is 2.29. The van der Waals surface area contributed by atoms with Gasteiger partial charge >= 0.3 is 0 Å². The summed E-state index contributed by atoms with van der Waals surface area (Å²) >= 11 is 0. The van der Waals surface area contributed by atoms with E-state index in [0.29, 0.717) is 6.04 Å². The minimum absolute atomic E-state index is 0.558. The van der Waals surface area contributed by atoms with Crippen molar-refractivity contribution in [1.82, 2.24) is 20.2 Å². The third kappa shape index (κ3) is 2.08. The number of hydrogen-bond donors (Lipinski definition) is 1. The monoisotopic (exact) mass is 243 g/mol. The summed E-state index contributed by atoms with van der Waals surface area (Å²) < 4.78 is 1.70. The molecule has 0 radical (unpaired) electrons. The van der Waals surface area contributed by atoms with Crippen molar-refractivity contribution >= 4 is 5.69 Å². The molecule has 0 saturated heterocycles. The van der Waals surface area contributed by atoms with Crippen LogP contribution >= 0.6 is 0 Å². The van der Waals surface area contributed by atoms with Crippen molar-refractivity contribution in [2.45, 2.75) is 32.2 Å². The van der Waals surface area contributed by atoms with Gasteiger partial charge < -0.3 is 5.32 Å². The topological polar surface area (TPSA) is 55.6 Å². The molecule has 0 amide bonds. The highest BCUT2D eigenvalue weighted by molar-refractivity contribution is 5.60. The lowest BCUT2D eigenvalue weighted by atomic mass is 10.1. The molecule has 5 nitrogen and oxygen atoms in total. The van der Waals surface area contributed by atoms with E-state index >= 15 is 0 Å². The predicted molar refractivity (Wildman–Crippen MR) is 69.6 cm³/mol. The Balaban J connectivity index is 1.88. The summed E-state index contributed by atoms with van der Waals surface area (Å²) in [7, 11) is 0. The first-order valence-corrected chi connectivity index (χ1v) is 6.43. The SMILES string of the molecule is CC1CCCC1Nc1ccccc1-n1cnnn1. The van der Waals surface area contributed by atoms with Crippen LogP contribution in [0, 0.1) is 5.92 Å². The second kappa shape index (κ2) is 4.76. The fourth-order valence-electron chi connectivity index (χ4n) is 2.63. The number of benzene rings is 1. The van der Waals surface area contributed by atoms with E-state index in [1.165, 1.54) is 19.3 Å². The van der Waals surface area contributed by atoms with Crippen molar-refractivity contribution in [3.8, 4) is 5.69 Å². The lowest BCUT2D eigenvalue weighted by Gasteiger charge is -2.20. The van der Waals surface area contributed by atoms with Gasteiger partial charge in [0, 0.05) is 6.04 Å². The maximum atomic E-state index is 3.96. The molecule has 0 aliphatic heterocycles. The van der Waals surface area contributed by atoms with Crippen LogP contribution in [0.5, 0.6) is 0 Å². The van der Waals surface area contributed by atoms with Crippen molar-refractivity contribution in [2.75, 3.05) is 5.32 Å². The van der Waals surface area contributed by atoms with Gasteiger partial charge in [-0.3, -0.25) is 0 Å². The minimum Gasteiger partial charge on any atom is -0.380 e. The van der Waals surface area contributed by atoms with Gasteiger partial charge in [-0.25, -0.2) is 0 Å². The molecule has 1 heterocycles. The van der Waals surface area contributed by atoms with E-state index < -0.39 is 0 Å². The molecule has 1 aliphatic carbocycles. The van der Waals surface area contributed by atoms with E-state index in [-0.39, 0.29) is 0 Å². The summed E-state index contributed by atoms with van der Waals surface area (Å²) in [5.41, 5.74) is 2.10. The maximum absolute atomic E-state index is 3.96. The molecule has 1 aromatic carbocycles. The number of anilines is 1. The van der Waals surface area contributed by atoms with E-state index in [2.05, 4.69) is 33.8 Å². The van der Waals surface area contributed by atoms with E-state index in [0.717, 1.165) is 17.3 Å². The van der Waals surface area contributed by atoms with E-state index in [9.17, 15) is 0 Å². The molecule has 1 aromatic heterocycles. The molecule has 1 aliphatic rings. The van der Waals surface area contributed by atoms with Crippen LogP contribution < -0.4 is 5.32 Å². The molecule has 0 bridgehead atoms. The second-order valence-electron chi connectivity index (χ2n) is 4.93. The molecule has 2 aromatic rings. The smallest absolute Gasteiger partial charge is 0.143 e. The van der Waals surface area contributed by atoms with Gasteiger partial charge in [0.1, 0.15) is 6.33 Å². The molecule has 94 valence electrons. The number of rotatable bonds is 3. The van der Waals surface area contributed by atoms with Gasteiger partial charge in [0.05, 0.1) is 11.4 Å². The van der Waals surface area contributed by atoms with Crippen molar-refractivity contribution in [2.24, 2.45) is 5.92 Å². The van der Waals surface area contributed by atoms with Crippen LogP contribution in [0.2, 0.25) is 0 Å². The zero-order valence-corrected chi connectivity index (χ0v) is 10.5. The summed E-state index contributed by atoms with van der Waals surface area (Å²) in [4.78, 5) is 0. The number of para-hydroxylation sites is 2. The van der Waals surface area contributed by atoms with Gasteiger partial charge in [-0.05, 0) is 41.3 Å². The third-order valence-electron chi connectivity index (χ3n) is 3.70. The summed E-state index contributed by atoms with van der Waals surface area (Å²) in [5, 5.41) is 15.0. The van der Waals surface area contributed by atoms with E-state index in [1.807, 2.05) is 18.2 Å². The molecular weight excluding hydrogens is 226 g/mol. The van der Waals surface area contributed by atoms with Gasteiger partial charge in [0.15, 0.2) is 0 Å². The minimum atomic E-state index is 0.558.